The van der Waals surface area contributed by atoms with Crippen LogP contribution >= 0.6 is 0 Å². The Hall–Kier alpha value is -3.31. The normalized spacial score (nSPS) is 18.7. The number of rotatable bonds is 9. The lowest BCUT2D eigenvalue weighted by atomic mass is 9.88. The molecule has 4 rings (SSSR count). The van der Waals surface area contributed by atoms with Crippen LogP contribution < -0.4 is 15.8 Å². The summed E-state index contributed by atoms with van der Waals surface area (Å²) in [5, 5.41) is 4.18. The van der Waals surface area contributed by atoms with Crippen molar-refractivity contribution in [2.45, 2.75) is 70.3 Å². The van der Waals surface area contributed by atoms with Crippen molar-refractivity contribution in [1.29, 1.82) is 0 Å². The highest BCUT2D eigenvalue weighted by molar-refractivity contribution is 7.91. The maximum atomic E-state index is 12.1. The molecule has 11 heteroatoms. The molecular weight excluding hydrogens is 506 g/mol. The van der Waals surface area contributed by atoms with Crippen LogP contribution in [0.4, 0.5) is 11.6 Å². The number of hydrogen-bond donors (Lipinski definition) is 2. The Morgan fingerprint density at radius 1 is 1.21 bits per heavy atom. The summed E-state index contributed by atoms with van der Waals surface area (Å²) in [6.45, 7) is 9.70. The summed E-state index contributed by atoms with van der Waals surface area (Å²) < 4.78 is 35.1. The molecule has 1 aliphatic heterocycles. The molecule has 4 atom stereocenters. The molecule has 0 aromatic carbocycles. The number of sulfone groups is 1. The Bertz CT molecular complexity index is 1470. The fourth-order valence-corrected chi connectivity index (χ4v) is 5.00. The molecule has 0 unspecified atom stereocenters. The van der Waals surface area contributed by atoms with Crippen LogP contribution in [-0.4, -0.2) is 53.6 Å². The first kappa shape index (κ1) is 27.7. The summed E-state index contributed by atoms with van der Waals surface area (Å²) in [5.41, 5.74) is 7.97. The van der Waals surface area contributed by atoms with Crippen LogP contribution in [-0.2, 0) is 20.1 Å². The van der Waals surface area contributed by atoms with Gasteiger partial charge < -0.3 is 20.5 Å². The fraction of sp³-hybridized carbons (Fsp3) is 0.481. The number of nitrogens with two attached hydrogens (primary N) is 1. The topological polar surface area (TPSA) is 146 Å². The van der Waals surface area contributed by atoms with Crippen molar-refractivity contribution < 1.29 is 22.7 Å². The third-order valence-electron chi connectivity index (χ3n) is 7.12. The van der Waals surface area contributed by atoms with E-state index in [2.05, 4.69) is 20.3 Å². The Morgan fingerprint density at radius 2 is 1.95 bits per heavy atom. The van der Waals surface area contributed by atoms with E-state index in [1.807, 2.05) is 33.8 Å². The van der Waals surface area contributed by atoms with Gasteiger partial charge in [-0.05, 0) is 56.3 Å². The van der Waals surface area contributed by atoms with Gasteiger partial charge in [-0.2, -0.15) is 0 Å². The average Bonchev–Trinajstić information content (AvgIpc) is 2.85. The van der Waals surface area contributed by atoms with Crippen molar-refractivity contribution in [2.24, 2.45) is 5.73 Å². The Kier molecular flexibility index (Phi) is 7.62. The molecule has 3 N–H and O–H groups in total. The van der Waals surface area contributed by atoms with Crippen molar-refractivity contribution >= 4 is 38.2 Å². The van der Waals surface area contributed by atoms with E-state index < -0.39 is 20.6 Å². The quantitative estimate of drug-likeness (QED) is 0.377. The third kappa shape index (κ3) is 5.73. The maximum Gasteiger partial charge on any atom is 0.340 e. The predicted octanol–water partition coefficient (Wildman–Crippen LogP) is 4.22. The summed E-state index contributed by atoms with van der Waals surface area (Å²) in [5.74, 6) is 1.08. The molecule has 0 saturated heterocycles. The second-order valence-corrected chi connectivity index (χ2v) is 12.9. The van der Waals surface area contributed by atoms with Crippen LogP contribution in [0.5, 0.6) is 5.88 Å². The summed E-state index contributed by atoms with van der Waals surface area (Å²) in [6.07, 6.45) is 5.22. The van der Waals surface area contributed by atoms with E-state index in [9.17, 15) is 13.2 Å². The first-order chi connectivity index (χ1) is 17.8. The van der Waals surface area contributed by atoms with Crippen LogP contribution in [0.15, 0.2) is 30.6 Å². The van der Waals surface area contributed by atoms with E-state index in [1.54, 1.807) is 31.5 Å². The summed E-state index contributed by atoms with van der Waals surface area (Å²) in [7, 11) is -3.18. The lowest BCUT2D eigenvalue weighted by molar-refractivity contribution is 0.0445. The van der Waals surface area contributed by atoms with E-state index in [4.69, 9.17) is 15.2 Å². The zero-order chi connectivity index (χ0) is 27.8. The van der Waals surface area contributed by atoms with Gasteiger partial charge in [-0.1, -0.05) is 13.8 Å². The number of cyclic esters (lactones) is 1. The molecule has 1 aliphatic rings. The second-order valence-electron chi connectivity index (χ2n) is 10.4. The number of aromatic nitrogens is 3. The number of fused-ring (bicyclic) bond motifs is 2. The molecular formula is C27H35N5O5S. The first-order valence-corrected chi connectivity index (χ1v) is 14.6. The van der Waals surface area contributed by atoms with Crippen molar-refractivity contribution in [2.75, 3.05) is 18.2 Å². The Balaban J connectivity index is 1.70. The van der Waals surface area contributed by atoms with E-state index in [0.29, 0.717) is 53.6 Å². The van der Waals surface area contributed by atoms with E-state index >= 15 is 0 Å². The van der Waals surface area contributed by atoms with Gasteiger partial charge in [0.1, 0.15) is 21.5 Å². The zero-order valence-electron chi connectivity index (χ0n) is 22.6. The lowest BCUT2D eigenvalue weighted by Gasteiger charge is -2.26. The minimum Gasteiger partial charge on any atom is -0.474 e. The van der Waals surface area contributed by atoms with E-state index in [1.165, 1.54) is 6.26 Å². The molecule has 0 aliphatic carbocycles. The molecule has 10 nitrogen and oxygen atoms in total. The number of hydrogen-bond acceptors (Lipinski definition) is 10. The Morgan fingerprint density at radius 3 is 2.63 bits per heavy atom. The third-order valence-corrected chi connectivity index (χ3v) is 8.78. The molecule has 3 aromatic rings. The SMILES string of the molecule is CC[C@@](C)(N)c1cnc(O[C@H](C)C[C@@H](C)S(C)(=O)=O)c2cnc(Nc3ccc4c(n3)[C@@H](C)COC4=O)cc12. The monoisotopic (exact) mass is 541 g/mol. The molecule has 38 heavy (non-hydrogen) atoms. The fourth-order valence-electron chi connectivity index (χ4n) is 4.38. The number of nitrogens with zero attached hydrogens (tertiary/aromatic N) is 3. The standard InChI is InChI=1S/C27H35N5O5S/c1-7-27(5,28)21-13-30-25(37-16(3)10-17(4)38(6,34)35)20-12-29-23(11-19(20)21)31-22-9-8-18-24(32-22)15(2)14-36-26(18)33/h8-9,11-13,15-17H,7,10,14,28H2,1-6H3,(H,29,31,32)/t15-,16+,17+,27+/m0/s1. The highest BCUT2D eigenvalue weighted by Crippen LogP contribution is 2.35. The van der Waals surface area contributed by atoms with Gasteiger partial charge in [0.25, 0.3) is 0 Å². The maximum absolute atomic E-state index is 12.1. The second kappa shape index (κ2) is 10.5. The average molecular weight is 542 g/mol. The van der Waals surface area contributed by atoms with Crippen LogP contribution in [0.3, 0.4) is 0 Å². The largest absolute Gasteiger partial charge is 0.474 e. The highest BCUT2D eigenvalue weighted by Gasteiger charge is 2.27. The number of carbonyl (C=O) groups is 1. The predicted molar refractivity (Wildman–Crippen MR) is 147 cm³/mol. The van der Waals surface area contributed by atoms with Crippen molar-refractivity contribution in [1.82, 2.24) is 15.0 Å². The molecule has 0 fully saturated rings. The van der Waals surface area contributed by atoms with Crippen LogP contribution in [0, 0.1) is 0 Å². The van der Waals surface area contributed by atoms with Gasteiger partial charge in [0.15, 0.2) is 0 Å². The molecule has 0 spiro atoms. The van der Waals surface area contributed by atoms with Gasteiger partial charge in [-0.25, -0.2) is 28.2 Å². The van der Waals surface area contributed by atoms with E-state index in [0.717, 1.165) is 10.9 Å². The van der Waals surface area contributed by atoms with E-state index in [-0.39, 0.29) is 18.0 Å². The smallest absolute Gasteiger partial charge is 0.340 e. The van der Waals surface area contributed by atoms with Crippen LogP contribution in [0.2, 0.25) is 0 Å². The van der Waals surface area contributed by atoms with Gasteiger partial charge in [0.05, 0.1) is 34.6 Å². The molecule has 0 radical (unpaired) electrons. The van der Waals surface area contributed by atoms with Crippen molar-refractivity contribution in [3.05, 3.63) is 47.4 Å². The highest BCUT2D eigenvalue weighted by atomic mass is 32.2. The number of anilines is 2. The number of pyridine rings is 3. The Labute approximate surface area is 223 Å². The molecule has 0 amide bonds. The van der Waals surface area contributed by atoms with Crippen LogP contribution in [0.1, 0.15) is 75.0 Å². The van der Waals surface area contributed by atoms with Gasteiger partial charge in [0.2, 0.25) is 5.88 Å². The van der Waals surface area contributed by atoms with Gasteiger partial charge in [-0.3, -0.25) is 0 Å². The summed E-state index contributed by atoms with van der Waals surface area (Å²) >= 11 is 0. The van der Waals surface area contributed by atoms with Crippen LogP contribution in [0.25, 0.3) is 10.8 Å². The van der Waals surface area contributed by atoms with Gasteiger partial charge >= 0.3 is 5.97 Å². The summed E-state index contributed by atoms with van der Waals surface area (Å²) in [6, 6.07) is 5.30. The molecule has 0 bridgehead atoms. The zero-order valence-corrected chi connectivity index (χ0v) is 23.4. The van der Waals surface area contributed by atoms with Gasteiger partial charge in [0, 0.05) is 36.5 Å². The number of carbonyl (C=O) groups excluding carboxylic acids is 1. The molecule has 0 saturated carbocycles. The molecule has 204 valence electrons. The van der Waals surface area contributed by atoms with Crippen molar-refractivity contribution in [3.63, 3.8) is 0 Å². The number of ether oxygens (including phenoxy) is 2. The first-order valence-electron chi connectivity index (χ1n) is 12.7. The number of nitrogens with one attached hydrogen (secondary N) is 1. The van der Waals surface area contributed by atoms with Crippen molar-refractivity contribution in [3.8, 4) is 5.88 Å². The minimum absolute atomic E-state index is 0.0127. The molecule has 4 heterocycles. The lowest BCUT2D eigenvalue weighted by Crippen LogP contribution is -2.32. The molecule has 3 aromatic heterocycles. The van der Waals surface area contributed by atoms with Gasteiger partial charge in [-0.15, -0.1) is 0 Å². The minimum atomic E-state index is -3.18. The summed E-state index contributed by atoms with van der Waals surface area (Å²) in [4.78, 5) is 25.8. The number of esters is 1.